The van der Waals surface area contributed by atoms with E-state index in [0.717, 1.165) is 31.1 Å². The number of amides is 1. The van der Waals surface area contributed by atoms with Crippen molar-refractivity contribution in [1.82, 2.24) is 0 Å². The predicted octanol–water partition coefficient (Wildman–Crippen LogP) is 7.45. The van der Waals surface area contributed by atoms with E-state index >= 15 is 0 Å². The Hall–Kier alpha value is -3.79. The highest BCUT2D eigenvalue weighted by Gasteiger charge is 2.26. The number of anilines is 2. The molecule has 5 rings (SSSR count). The molecule has 198 valence electrons. The number of sulfonamides is 1. The smallest absolute Gasteiger partial charge is 0.267 e. The Bertz CT molecular complexity index is 1770. The first kappa shape index (κ1) is 26.8. The van der Waals surface area contributed by atoms with E-state index in [1.807, 2.05) is 67.6 Å². The highest BCUT2D eigenvalue weighted by molar-refractivity contribution is 7.99. The monoisotopic (exact) mass is 574 g/mol. The largest absolute Gasteiger partial charge is 0.495 e. The highest BCUT2D eigenvalue weighted by atomic mass is 32.2. The lowest BCUT2D eigenvalue weighted by atomic mass is 10.2. The van der Waals surface area contributed by atoms with Crippen molar-refractivity contribution in [2.75, 3.05) is 23.8 Å². The predicted molar refractivity (Wildman–Crippen MR) is 160 cm³/mol. The molecule has 0 radical (unpaired) electrons. The molecule has 0 saturated heterocycles. The number of hydrogen-bond acceptors (Lipinski definition) is 6. The minimum atomic E-state index is -3.88. The fourth-order valence-corrected chi connectivity index (χ4v) is 7.36. The van der Waals surface area contributed by atoms with Gasteiger partial charge in [-0.1, -0.05) is 48.2 Å². The summed E-state index contributed by atoms with van der Waals surface area (Å²) in [6.07, 6.45) is 0. The zero-order valence-corrected chi connectivity index (χ0v) is 24.0. The lowest BCUT2D eigenvalue weighted by molar-refractivity contribution is 0.103. The molecule has 0 aliphatic rings. The third kappa shape index (κ3) is 5.66. The van der Waals surface area contributed by atoms with Crippen molar-refractivity contribution in [3.05, 3.63) is 108 Å². The number of carbonyl (C=O) groups excluding carboxylic acids is 1. The zero-order chi connectivity index (χ0) is 27.6. The first-order valence-electron chi connectivity index (χ1n) is 12.1. The van der Waals surface area contributed by atoms with Crippen molar-refractivity contribution in [2.24, 2.45) is 0 Å². The quantitative estimate of drug-likeness (QED) is 0.208. The molecule has 1 N–H and O–H groups in total. The van der Waals surface area contributed by atoms with Crippen LogP contribution in [0.25, 0.3) is 10.1 Å². The van der Waals surface area contributed by atoms with Crippen molar-refractivity contribution in [3.8, 4) is 5.75 Å². The number of fused-ring (bicyclic) bond motifs is 1. The summed E-state index contributed by atoms with van der Waals surface area (Å²) in [7, 11) is -0.912. The van der Waals surface area contributed by atoms with E-state index in [0.29, 0.717) is 10.6 Å². The second-order valence-electron chi connectivity index (χ2n) is 8.83. The van der Waals surface area contributed by atoms with Crippen molar-refractivity contribution in [2.45, 2.75) is 21.6 Å². The molecule has 9 heteroatoms. The van der Waals surface area contributed by atoms with Gasteiger partial charge in [0.15, 0.2) is 0 Å². The van der Waals surface area contributed by atoms with E-state index in [-0.39, 0.29) is 16.6 Å². The summed E-state index contributed by atoms with van der Waals surface area (Å²) < 4.78 is 34.4. The summed E-state index contributed by atoms with van der Waals surface area (Å²) in [6.45, 7) is 1.83. The van der Waals surface area contributed by atoms with E-state index in [4.69, 9.17) is 4.74 Å². The maximum Gasteiger partial charge on any atom is 0.267 e. The highest BCUT2D eigenvalue weighted by Crippen LogP contribution is 2.36. The van der Waals surface area contributed by atoms with Gasteiger partial charge in [-0.15, -0.1) is 11.3 Å². The van der Waals surface area contributed by atoms with Crippen LogP contribution < -0.4 is 14.4 Å². The summed E-state index contributed by atoms with van der Waals surface area (Å²) in [5, 5.41) is 3.82. The second-order valence-corrected chi connectivity index (χ2v) is 13.0. The number of aryl methyl sites for hydroxylation is 1. The molecule has 0 aliphatic heterocycles. The number of rotatable bonds is 8. The summed E-state index contributed by atoms with van der Waals surface area (Å²) in [6, 6.07) is 29.9. The first-order chi connectivity index (χ1) is 18.8. The second kappa shape index (κ2) is 11.1. The molecule has 0 unspecified atom stereocenters. The number of nitrogens with one attached hydrogen (secondary N) is 1. The lowest BCUT2D eigenvalue weighted by Crippen LogP contribution is -2.27. The number of nitrogens with zero attached hydrogens (tertiary/aromatic N) is 1. The topological polar surface area (TPSA) is 75.7 Å². The minimum absolute atomic E-state index is 0.102. The van der Waals surface area contributed by atoms with E-state index in [1.165, 1.54) is 29.8 Å². The molecule has 0 spiro atoms. The number of hydrogen-bond donors (Lipinski definition) is 1. The maximum atomic E-state index is 13.5. The molecule has 6 nitrogen and oxygen atoms in total. The van der Waals surface area contributed by atoms with Crippen molar-refractivity contribution in [3.63, 3.8) is 0 Å². The summed E-state index contributed by atoms with van der Waals surface area (Å²) in [4.78, 5) is 15.9. The molecule has 0 fully saturated rings. The molecule has 1 heterocycles. The van der Waals surface area contributed by atoms with Gasteiger partial charge in [-0.25, -0.2) is 8.42 Å². The summed E-state index contributed by atoms with van der Waals surface area (Å²) in [5.74, 6) is 0.0677. The first-order valence-corrected chi connectivity index (χ1v) is 15.1. The average Bonchev–Trinajstić information content (AvgIpc) is 3.38. The van der Waals surface area contributed by atoms with Crippen LogP contribution in [0.4, 0.5) is 11.4 Å². The van der Waals surface area contributed by atoms with Gasteiger partial charge >= 0.3 is 0 Å². The van der Waals surface area contributed by atoms with E-state index < -0.39 is 10.0 Å². The number of benzene rings is 4. The Kier molecular flexibility index (Phi) is 7.65. The van der Waals surface area contributed by atoms with Gasteiger partial charge in [0.2, 0.25) is 0 Å². The van der Waals surface area contributed by atoms with E-state index in [1.54, 1.807) is 48.2 Å². The molecule has 39 heavy (non-hydrogen) atoms. The minimum Gasteiger partial charge on any atom is -0.495 e. The van der Waals surface area contributed by atoms with Crippen LogP contribution in [-0.2, 0) is 10.0 Å². The molecule has 0 aliphatic carbocycles. The summed E-state index contributed by atoms with van der Waals surface area (Å²) >= 11 is 2.94. The zero-order valence-electron chi connectivity index (χ0n) is 21.5. The molecule has 5 aromatic rings. The molecule has 4 aromatic carbocycles. The molecular weight excluding hydrogens is 549 g/mol. The normalized spacial score (nSPS) is 11.4. The molecule has 0 saturated carbocycles. The van der Waals surface area contributed by atoms with Crippen molar-refractivity contribution in [1.29, 1.82) is 0 Å². The van der Waals surface area contributed by atoms with Crippen molar-refractivity contribution < 1.29 is 17.9 Å². The molecule has 0 atom stereocenters. The van der Waals surface area contributed by atoms with Crippen LogP contribution in [-0.4, -0.2) is 28.5 Å². The molecule has 1 amide bonds. The van der Waals surface area contributed by atoms with Crippen LogP contribution in [0, 0.1) is 6.92 Å². The van der Waals surface area contributed by atoms with E-state index in [2.05, 4.69) is 5.32 Å². The van der Waals surface area contributed by atoms with Gasteiger partial charge in [-0.2, -0.15) is 0 Å². The molecule has 1 aromatic heterocycles. The Balaban J connectivity index is 1.40. The average molecular weight is 575 g/mol. The summed E-state index contributed by atoms with van der Waals surface area (Å²) in [5.41, 5.74) is 2.03. The Labute approximate surface area is 236 Å². The lowest BCUT2D eigenvalue weighted by Gasteiger charge is -2.21. The third-order valence-electron chi connectivity index (χ3n) is 6.15. The van der Waals surface area contributed by atoms with Gasteiger partial charge in [0.05, 0.1) is 23.4 Å². The Morgan fingerprint density at radius 3 is 2.44 bits per heavy atom. The molecule has 0 bridgehead atoms. The van der Waals surface area contributed by atoms with Crippen LogP contribution >= 0.6 is 23.1 Å². The fraction of sp³-hybridized carbons (Fsp3) is 0.100. The van der Waals surface area contributed by atoms with Gasteiger partial charge in [0.25, 0.3) is 15.9 Å². The van der Waals surface area contributed by atoms with Crippen LogP contribution in [0.5, 0.6) is 5.75 Å². The fourth-order valence-electron chi connectivity index (χ4n) is 4.07. The van der Waals surface area contributed by atoms with Crippen LogP contribution in [0.1, 0.15) is 15.2 Å². The molecular formula is C30H26N2O4S3. The third-order valence-corrected chi connectivity index (χ3v) is 10.2. The SMILES string of the molecule is COc1ccc(C)cc1S(=O)(=O)N(C)c1ccc2sc(C(=O)Nc3ccccc3Sc3ccccc3)cc2c1. The van der Waals surface area contributed by atoms with Crippen LogP contribution in [0.15, 0.2) is 112 Å². The number of thiophene rings is 1. The number of ether oxygens (including phenoxy) is 1. The van der Waals surface area contributed by atoms with Gasteiger partial charge in [-0.05, 0) is 78.5 Å². The van der Waals surface area contributed by atoms with Gasteiger partial charge in [0, 0.05) is 21.5 Å². The van der Waals surface area contributed by atoms with E-state index in [9.17, 15) is 13.2 Å². The Morgan fingerprint density at radius 1 is 0.923 bits per heavy atom. The van der Waals surface area contributed by atoms with Gasteiger partial charge in [-0.3, -0.25) is 9.10 Å². The number of carbonyl (C=O) groups is 1. The van der Waals surface area contributed by atoms with Gasteiger partial charge < -0.3 is 10.1 Å². The standard InChI is InChI=1S/C30H26N2O4S3/c1-20-13-15-25(36-3)29(17-20)39(34,35)32(2)22-14-16-26-21(18-22)19-28(38-26)30(33)31-24-11-7-8-12-27(24)37-23-9-5-4-6-10-23/h4-19H,1-3H3,(H,31,33). The van der Waals surface area contributed by atoms with Gasteiger partial charge in [0.1, 0.15) is 10.6 Å². The van der Waals surface area contributed by atoms with Crippen LogP contribution in [0.2, 0.25) is 0 Å². The maximum absolute atomic E-state index is 13.5. The Morgan fingerprint density at radius 2 is 1.67 bits per heavy atom. The number of para-hydroxylation sites is 1. The van der Waals surface area contributed by atoms with Crippen molar-refractivity contribution >= 4 is 60.5 Å². The van der Waals surface area contributed by atoms with Crippen LogP contribution in [0.3, 0.4) is 0 Å². The number of methoxy groups -OCH3 is 1.